The lowest BCUT2D eigenvalue weighted by molar-refractivity contribution is 0.380. The summed E-state index contributed by atoms with van der Waals surface area (Å²) in [6.45, 7) is 4.23. The summed E-state index contributed by atoms with van der Waals surface area (Å²) in [7, 11) is 0. The van der Waals surface area contributed by atoms with Crippen molar-refractivity contribution in [3.63, 3.8) is 0 Å². The summed E-state index contributed by atoms with van der Waals surface area (Å²) in [6.07, 6.45) is 4.14. The van der Waals surface area contributed by atoms with E-state index >= 15 is 0 Å². The summed E-state index contributed by atoms with van der Waals surface area (Å²) >= 11 is 5.70. The van der Waals surface area contributed by atoms with Gasteiger partial charge >= 0.3 is 0 Å². The van der Waals surface area contributed by atoms with Gasteiger partial charge in [0.05, 0.1) is 6.54 Å². The molecule has 0 amide bonds. The Balaban J connectivity index is 1.70. The predicted molar refractivity (Wildman–Crippen MR) is 61.9 cm³/mol. The molecule has 0 aliphatic heterocycles. The van der Waals surface area contributed by atoms with Gasteiger partial charge in [0, 0.05) is 0 Å². The molecule has 1 fully saturated rings. The van der Waals surface area contributed by atoms with Crippen molar-refractivity contribution in [3.05, 3.63) is 23.1 Å². The Kier molecular flexibility index (Phi) is 3.71. The van der Waals surface area contributed by atoms with E-state index in [1.54, 1.807) is 6.07 Å². The number of halogens is 1. The Bertz CT molecular complexity index is 310. The van der Waals surface area contributed by atoms with Gasteiger partial charge in [-0.15, -0.1) is 0 Å². The summed E-state index contributed by atoms with van der Waals surface area (Å²) in [6, 6.07) is 3.71. The monoisotopic (exact) mass is 227 g/mol. The van der Waals surface area contributed by atoms with Crippen LogP contribution in [0, 0.1) is 11.8 Å². The van der Waals surface area contributed by atoms with Gasteiger partial charge in [-0.05, 0) is 48.5 Å². The van der Waals surface area contributed by atoms with Gasteiger partial charge < -0.3 is 9.73 Å². The zero-order valence-corrected chi connectivity index (χ0v) is 9.89. The number of furan rings is 1. The highest BCUT2D eigenvalue weighted by Gasteiger charge is 2.22. The minimum atomic E-state index is 0.473. The molecule has 2 atom stereocenters. The lowest BCUT2D eigenvalue weighted by atomic mass is 9.98. The number of rotatable bonds is 4. The van der Waals surface area contributed by atoms with Gasteiger partial charge in [0.15, 0.2) is 5.22 Å². The molecule has 1 N–H and O–H groups in total. The number of hydrogen-bond donors (Lipinski definition) is 1. The molecular weight excluding hydrogens is 210 g/mol. The maximum absolute atomic E-state index is 5.70. The number of hydrogen-bond acceptors (Lipinski definition) is 2. The van der Waals surface area contributed by atoms with Crippen LogP contribution in [-0.4, -0.2) is 6.54 Å². The van der Waals surface area contributed by atoms with Crippen molar-refractivity contribution in [3.8, 4) is 0 Å². The summed E-state index contributed by atoms with van der Waals surface area (Å²) in [4.78, 5) is 0. The average molecular weight is 228 g/mol. The topological polar surface area (TPSA) is 25.2 Å². The van der Waals surface area contributed by atoms with E-state index < -0.39 is 0 Å². The van der Waals surface area contributed by atoms with Crippen molar-refractivity contribution in [2.24, 2.45) is 11.8 Å². The van der Waals surface area contributed by atoms with Gasteiger partial charge in [-0.3, -0.25) is 0 Å². The summed E-state index contributed by atoms with van der Waals surface area (Å²) in [5, 5.41) is 3.91. The molecule has 1 heterocycles. The highest BCUT2D eigenvalue weighted by Crippen LogP contribution is 2.30. The van der Waals surface area contributed by atoms with Crippen LogP contribution in [0.25, 0.3) is 0 Å². The van der Waals surface area contributed by atoms with E-state index in [9.17, 15) is 0 Å². The second kappa shape index (κ2) is 5.04. The van der Waals surface area contributed by atoms with Crippen LogP contribution >= 0.6 is 11.6 Å². The smallest absolute Gasteiger partial charge is 0.193 e. The van der Waals surface area contributed by atoms with E-state index in [1.165, 1.54) is 19.3 Å². The molecule has 2 rings (SSSR count). The van der Waals surface area contributed by atoms with Crippen LogP contribution in [-0.2, 0) is 6.54 Å². The molecule has 1 aromatic heterocycles. The lowest BCUT2D eigenvalue weighted by Gasteiger charge is -2.15. The largest absolute Gasteiger partial charge is 0.448 e. The first-order valence-corrected chi connectivity index (χ1v) is 6.08. The normalized spacial score (nSPS) is 26.0. The molecule has 0 spiro atoms. The minimum Gasteiger partial charge on any atom is -0.448 e. The van der Waals surface area contributed by atoms with Crippen LogP contribution in [0.4, 0.5) is 0 Å². The Morgan fingerprint density at radius 2 is 2.33 bits per heavy atom. The highest BCUT2D eigenvalue weighted by atomic mass is 35.5. The first-order valence-electron chi connectivity index (χ1n) is 5.70. The molecule has 2 unspecified atom stereocenters. The van der Waals surface area contributed by atoms with Gasteiger partial charge in [0.2, 0.25) is 0 Å². The first kappa shape index (κ1) is 11.0. The molecule has 2 nitrogen and oxygen atoms in total. The molecule has 1 aromatic rings. The lowest BCUT2D eigenvalue weighted by Crippen LogP contribution is -2.23. The summed E-state index contributed by atoms with van der Waals surface area (Å²) in [5.41, 5.74) is 0. The van der Waals surface area contributed by atoms with Gasteiger partial charge in [0.25, 0.3) is 0 Å². The summed E-state index contributed by atoms with van der Waals surface area (Å²) in [5.74, 6) is 2.64. The van der Waals surface area contributed by atoms with Crippen molar-refractivity contribution < 1.29 is 4.42 Å². The van der Waals surface area contributed by atoms with Crippen LogP contribution in [0.2, 0.25) is 5.22 Å². The second-order valence-corrected chi connectivity index (χ2v) is 4.88. The Morgan fingerprint density at radius 3 is 2.93 bits per heavy atom. The zero-order chi connectivity index (χ0) is 10.7. The molecule has 84 valence electrons. The third-order valence-corrected chi connectivity index (χ3v) is 3.58. The van der Waals surface area contributed by atoms with Crippen LogP contribution in [0.3, 0.4) is 0 Å². The highest BCUT2D eigenvalue weighted by molar-refractivity contribution is 6.28. The van der Waals surface area contributed by atoms with Crippen LogP contribution in [0.1, 0.15) is 31.9 Å². The predicted octanol–water partition coefficient (Wildman–Crippen LogP) is 3.46. The van der Waals surface area contributed by atoms with Crippen molar-refractivity contribution >= 4 is 11.6 Å². The average Bonchev–Trinajstić information content (AvgIpc) is 2.77. The Labute approximate surface area is 96.0 Å². The number of nitrogens with one attached hydrogen (secondary N) is 1. The third kappa shape index (κ3) is 2.99. The van der Waals surface area contributed by atoms with Crippen LogP contribution < -0.4 is 5.32 Å². The fourth-order valence-electron chi connectivity index (χ4n) is 2.35. The maximum Gasteiger partial charge on any atom is 0.193 e. The van der Waals surface area contributed by atoms with Crippen LogP contribution in [0.15, 0.2) is 16.5 Å². The SMILES string of the molecule is CC1CCCC1CNCc1ccc(Cl)o1. The molecule has 0 aromatic carbocycles. The molecule has 1 aliphatic rings. The van der Waals surface area contributed by atoms with E-state index in [-0.39, 0.29) is 0 Å². The Morgan fingerprint density at radius 1 is 1.47 bits per heavy atom. The fraction of sp³-hybridized carbons (Fsp3) is 0.667. The quantitative estimate of drug-likeness (QED) is 0.852. The molecule has 0 bridgehead atoms. The van der Waals surface area contributed by atoms with E-state index in [4.69, 9.17) is 16.0 Å². The minimum absolute atomic E-state index is 0.473. The van der Waals surface area contributed by atoms with Crippen molar-refractivity contribution in [2.75, 3.05) is 6.54 Å². The first-order chi connectivity index (χ1) is 7.25. The van der Waals surface area contributed by atoms with Gasteiger partial charge in [-0.25, -0.2) is 0 Å². The molecule has 0 saturated heterocycles. The third-order valence-electron chi connectivity index (χ3n) is 3.37. The molecular formula is C12H18ClNO. The molecule has 1 saturated carbocycles. The molecule has 1 aliphatic carbocycles. The maximum atomic E-state index is 5.70. The van der Waals surface area contributed by atoms with E-state index in [0.717, 1.165) is 30.7 Å². The fourth-order valence-corrected chi connectivity index (χ4v) is 2.52. The molecule has 3 heteroatoms. The van der Waals surface area contributed by atoms with Crippen molar-refractivity contribution in [1.29, 1.82) is 0 Å². The van der Waals surface area contributed by atoms with Gasteiger partial charge in [0.1, 0.15) is 5.76 Å². The van der Waals surface area contributed by atoms with Crippen LogP contribution in [0.5, 0.6) is 0 Å². The van der Waals surface area contributed by atoms with Crippen molar-refractivity contribution in [2.45, 2.75) is 32.7 Å². The Hall–Kier alpha value is -0.470. The zero-order valence-electron chi connectivity index (χ0n) is 9.13. The van der Waals surface area contributed by atoms with Gasteiger partial charge in [-0.2, -0.15) is 0 Å². The van der Waals surface area contributed by atoms with E-state index in [0.29, 0.717) is 5.22 Å². The van der Waals surface area contributed by atoms with E-state index in [2.05, 4.69) is 12.2 Å². The van der Waals surface area contributed by atoms with Crippen molar-refractivity contribution in [1.82, 2.24) is 5.32 Å². The summed E-state index contributed by atoms with van der Waals surface area (Å²) < 4.78 is 5.28. The molecule has 15 heavy (non-hydrogen) atoms. The van der Waals surface area contributed by atoms with E-state index in [1.807, 2.05) is 6.07 Å². The second-order valence-electron chi connectivity index (χ2n) is 4.50. The van der Waals surface area contributed by atoms with Gasteiger partial charge in [-0.1, -0.05) is 19.8 Å². The molecule has 0 radical (unpaired) electrons. The standard InChI is InChI=1S/C12H18ClNO/c1-9-3-2-4-10(9)7-14-8-11-5-6-12(13)15-11/h5-6,9-10,14H,2-4,7-8H2,1H3.